The number of fused-ring (bicyclic) bond motifs is 4. The number of halogens is 1. The van der Waals surface area contributed by atoms with Gasteiger partial charge in [-0.3, -0.25) is 9.59 Å². The Morgan fingerprint density at radius 3 is 2.76 bits per heavy atom. The first-order chi connectivity index (χ1) is 16.3. The lowest BCUT2D eigenvalue weighted by Gasteiger charge is -2.52. The molecule has 3 atom stereocenters. The van der Waals surface area contributed by atoms with Crippen molar-refractivity contribution < 1.29 is 18.8 Å². The van der Waals surface area contributed by atoms with E-state index in [-0.39, 0.29) is 11.8 Å². The average Bonchev–Trinajstić information content (AvgIpc) is 3.24. The maximum atomic E-state index is 13.4. The van der Waals surface area contributed by atoms with Crippen LogP contribution >= 0.6 is 11.6 Å². The SMILES string of the molecule is CC12CC(c3ccccc3O1)C(C(N)=O)C(=O)N2CCCc1nc(Cc2ccc(Cl)cc2)no1. The van der Waals surface area contributed by atoms with E-state index in [0.29, 0.717) is 54.7 Å². The van der Waals surface area contributed by atoms with Crippen LogP contribution in [0, 0.1) is 5.92 Å². The summed E-state index contributed by atoms with van der Waals surface area (Å²) in [5, 5.41) is 4.73. The molecule has 1 fully saturated rings. The second-order valence-electron chi connectivity index (χ2n) is 9.01. The number of benzene rings is 2. The third-order valence-electron chi connectivity index (χ3n) is 6.62. The number of nitrogens with zero attached hydrogens (tertiary/aromatic N) is 3. The monoisotopic (exact) mass is 480 g/mol. The lowest BCUT2D eigenvalue weighted by molar-refractivity contribution is -0.175. The Kier molecular flexibility index (Phi) is 5.77. The summed E-state index contributed by atoms with van der Waals surface area (Å²) in [6.07, 6.45) is 2.12. The van der Waals surface area contributed by atoms with Gasteiger partial charge in [0.15, 0.2) is 11.5 Å². The van der Waals surface area contributed by atoms with E-state index in [1.54, 1.807) is 4.90 Å². The fourth-order valence-corrected chi connectivity index (χ4v) is 5.14. The van der Waals surface area contributed by atoms with Gasteiger partial charge in [-0.25, -0.2) is 0 Å². The van der Waals surface area contributed by atoms with Crippen LogP contribution in [-0.4, -0.2) is 39.1 Å². The molecule has 1 saturated heterocycles. The quantitative estimate of drug-likeness (QED) is 0.518. The summed E-state index contributed by atoms with van der Waals surface area (Å²) in [5.74, 6) is -0.332. The topological polar surface area (TPSA) is 112 Å². The fraction of sp³-hybridized carbons (Fsp3) is 0.360. The first-order valence-electron chi connectivity index (χ1n) is 11.3. The van der Waals surface area contributed by atoms with Crippen LogP contribution in [0.5, 0.6) is 5.75 Å². The van der Waals surface area contributed by atoms with E-state index in [9.17, 15) is 9.59 Å². The molecule has 176 valence electrons. The summed E-state index contributed by atoms with van der Waals surface area (Å²) in [7, 11) is 0. The molecule has 1 aromatic heterocycles. The van der Waals surface area contributed by atoms with Crippen molar-refractivity contribution in [2.75, 3.05) is 6.54 Å². The van der Waals surface area contributed by atoms with Crippen LogP contribution in [0.15, 0.2) is 53.1 Å². The number of piperidine rings is 1. The van der Waals surface area contributed by atoms with Crippen LogP contribution in [0.2, 0.25) is 5.02 Å². The van der Waals surface area contributed by atoms with Gasteiger partial charge in [0.05, 0.1) is 0 Å². The number of likely N-dealkylation sites (tertiary alicyclic amines) is 1. The van der Waals surface area contributed by atoms with E-state index >= 15 is 0 Å². The Hall–Kier alpha value is -3.39. The van der Waals surface area contributed by atoms with E-state index < -0.39 is 17.6 Å². The van der Waals surface area contributed by atoms with Crippen LogP contribution in [-0.2, 0) is 22.4 Å². The van der Waals surface area contributed by atoms with Gasteiger partial charge in [-0.2, -0.15) is 4.98 Å². The number of nitrogens with two attached hydrogens (primary N) is 1. The van der Waals surface area contributed by atoms with E-state index in [2.05, 4.69) is 10.1 Å². The second-order valence-corrected chi connectivity index (χ2v) is 9.44. The molecule has 3 unspecified atom stereocenters. The number of primary amides is 1. The molecule has 2 aliphatic heterocycles. The number of ether oxygens (including phenoxy) is 1. The Morgan fingerprint density at radius 2 is 2.00 bits per heavy atom. The maximum absolute atomic E-state index is 13.4. The van der Waals surface area contributed by atoms with Gasteiger partial charge in [0.1, 0.15) is 11.7 Å². The molecular weight excluding hydrogens is 456 g/mol. The molecule has 3 heterocycles. The molecule has 2 amide bonds. The molecule has 0 saturated carbocycles. The molecular formula is C25H25ClN4O4. The van der Waals surface area contributed by atoms with Crippen molar-refractivity contribution in [3.63, 3.8) is 0 Å². The fourth-order valence-electron chi connectivity index (χ4n) is 5.02. The number of hydrogen-bond acceptors (Lipinski definition) is 6. The van der Waals surface area contributed by atoms with Crippen molar-refractivity contribution in [3.8, 4) is 5.75 Å². The van der Waals surface area contributed by atoms with Crippen LogP contribution in [0.25, 0.3) is 0 Å². The molecule has 2 aliphatic rings. The van der Waals surface area contributed by atoms with Gasteiger partial charge < -0.3 is 19.9 Å². The normalized spacial score (nSPS) is 23.4. The van der Waals surface area contributed by atoms with Crippen LogP contribution < -0.4 is 10.5 Å². The van der Waals surface area contributed by atoms with Crippen LogP contribution in [0.4, 0.5) is 0 Å². The van der Waals surface area contributed by atoms with Gasteiger partial charge in [-0.1, -0.05) is 47.1 Å². The largest absolute Gasteiger partial charge is 0.468 e. The summed E-state index contributed by atoms with van der Waals surface area (Å²) in [4.78, 5) is 31.7. The molecule has 34 heavy (non-hydrogen) atoms. The Labute approximate surface area is 202 Å². The first kappa shape index (κ1) is 22.4. The molecule has 8 nitrogen and oxygen atoms in total. The van der Waals surface area contributed by atoms with E-state index in [0.717, 1.165) is 11.1 Å². The first-order valence-corrected chi connectivity index (χ1v) is 11.7. The summed E-state index contributed by atoms with van der Waals surface area (Å²) in [6.45, 7) is 2.27. The molecule has 2 N–H and O–H groups in total. The number of carbonyl (C=O) groups excluding carboxylic acids is 2. The van der Waals surface area contributed by atoms with Crippen LogP contribution in [0.3, 0.4) is 0 Å². The van der Waals surface area contributed by atoms with E-state index in [1.165, 1.54) is 0 Å². The summed E-state index contributed by atoms with van der Waals surface area (Å²) < 4.78 is 11.7. The number of aromatic nitrogens is 2. The van der Waals surface area contributed by atoms with Crippen molar-refractivity contribution in [1.29, 1.82) is 0 Å². The molecule has 0 spiro atoms. The minimum absolute atomic E-state index is 0.289. The predicted molar refractivity (Wildman–Crippen MR) is 124 cm³/mol. The Balaban J connectivity index is 1.27. The molecule has 5 rings (SSSR count). The van der Waals surface area contributed by atoms with Crippen molar-refractivity contribution in [2.45, 2.75) is 44.2 Å². The average molecular weight is 481 g/mol. The lowest BCUT2D eigenvalue weighted by atomic mass is 9.73. The number of hydrogen-bond donors (Lipinski definition) is 1. The molecule has 0 radical (unpaired) electrons. The van der Waals surface area contributed by atoms with Crippen LogP contribution in [0.1, 0.15) is 48.5 Å². The molecule has 9 heteroatoms. The van der Waals surface area contributed by atoms with Crippen molar-refractivity contribution in [3.05, 3.63) is 76.4 Å². The van der Waals surface area contributed by atoms with Crippen molar-refractivity contribution >= 4 is 23.4 Å². The van der Waals surface area contributed by atoms with E-state index in [1.807, 2.05) is 55.5 Å². The van der Waals surface area contributed by atoms with E-state index in [4.69, 9.17) is 26.6 Å². The highest BCUT2D eigenvalue weighted by atomic mass is 35.5. The van der Waals surface area contributed by atoms with Gasteiger partial charge in [0.2, 0.25) is 17.7 Å². The smallest absolute Gasteiger partial charge is 0.238 e. The highest BCUT2D eigenvalue weighted by Gasteiger charge is 2.55. The highest BCUT2D eigenvalue weighted by Crippen LogP contribution is 2.50. The minimum atomic E-state index is -0.910. The van der Waals surface area contributed by atoms with Crippen molar-refractivity contribution in [2.24, 2.45) is 11.7 Å². The molecule has 2 aromatic carbocycles. The van der Waals surface area contributed by atoms with Crippen molar-refractivity contribution in [1.82, 2.24) is 15.0 Å². The summed E-state index contributed by atoms with van der Waals surface area (Å²) >= 11 is 5.93. The highest BCUT2D eigenvalue weighted by molar-refractivity contribution is 6.30. The maximum Gasteiger partial charge on any atom is 0.238 e. The van der Waals surface area contributed by atoms with Gasteiger partial charge in [0.25, 0.3) is 0 Å². The zero-order valence-corrected chi connectivity index (χ0v) is 19.5. The summed E-state index contributed by atoms with van der Waals surface area (Å²) in [6, 6.07) is 15.0. The predicted octanol–water partition coefficient (Wildman–Crippen LogP) is 3.47. The zero-order valence-electron chi connectivity index (χ0n) is 18.7. The number of amides is 2. The number of aryl methyl sites for hydroxylation is 1. The number of para-hydroxylation sites is 1. The minimum Gasteiger partial charge on any atom is -0.468 e. The Bertz CT molecular complexity index is 1230. The number of carbonyl (C=O) groups is 2. The van der Waals surface area contributed by atoms with Gasteiger partial charge >= 0.3 is 0 Å². The zero-order chi connectivity index (χ0) is 23.9. The third kappa shape index (κ3) is 4.14. The third-order valence-corrected chi connectivity index (χ3v) is 6.87. The van der Waals surface area contributed by atoms with Gasteiger partial charge in [-0.15, -0.1) is 0 Å². The lowest BCUT2D eigenvalue weighted by Crippen LogP contribution is -2.64. The second kappa shape index (κ2) is 8.76. The molecule has 3 aromatic rings. The molecule has 0 aliphatic carbocycles. The molecule has 2 bridgehead atoms. The summed E-state index contributed by atoms with van der Waals surface area (Å²) in [5.41, 5.74) is 6.72. The Morgan fingerprint density at radius 1 is 1.24 bits per heavy atom. The van der Waals surface area contributed by atoms with Gasteiger partial charge in [-0.05, 0) is 42.7 Å². The standard InChI is InChI=1S/C25H25ClN4O4/c1-25-14-18(17-5-2-3-6-19(17)33-25)22(23(27)31)24(32)30(25)12-4-7-21-28-20(29-34-21)13-15-8-10-16(26)11-9-15/h2-3,5-6,8-11,18,22H,4,7,12-14H2,1H3,(H2,27,31). The number of rotatable bonds is 7. The van der Waals surface area contributed by atoms with Gasteiger partial charge in [0, 0.05) is 36.7 Å².